The molecule has 0 aliphatic rings. The van der Waals surface area contributed by atoms with E-state index < -0.39 is 17.7 Å². The van der Waals surface area contributed by atoms with Crippen molar-refractivity contribution in [2.75, 3.05) is 0 Å². The predicted molar refractivity (Wildman–Crippen MR) is 36.4 cm³/mol. The van der Waals surface area contributed by atoms with Gasteiger partial charge in [-0.05, 0) is 13.8 Å². The number of halogens is 3. The van der Waals surface area contributed by atoms with Crippen molar-refractivity contribution in [2.24, 2.45) is 0 Å². The van der Waals surface area contributed by atoms with Crippen LogP contribution in [0.3, 0.4) is 0 Å². The van der Waals surface area contributed by atoms with E-state index in [1.165, 1.54) is 0 Å². The molecular formula is C7H9F3O2. The van der Waals surface area contributed by atoms with Crippen molar-refractivity contribution >= 4 is 5.97 Å². The zero-order valence-corrected chi connectivity index (χ0v) is 6.73. The van der Waals surface area contributed by atoms with Gasteiger partial charge in [-0.15, -0.1) is 0 Å². The van der Waals surface area contributed by atoms with Gasteiger partial charge in [0.15, 0.2) is 0 Å². The van der Waals surface area contributed by atoms with Gasteiger partial charge in [0.2, 0.25) is 5.67 Å². The summed E-state index contributed by atoms with van der Waals surface area (Å²) in [6.45, 7) is 4.13. The number of ether oxygens (including phenoxy) is 1. The lowest BCUT2D eigenvalue weighted by atomic mass is 10.1. The second kappa shape index (κ2) is 3.16. The summed E-state index contributed by atoms with van der Waals surface area (Å²) in [5.41, 5.74) is -2.90. The summed E-state index contributed by atoms with van der Waals surface area (Å²) in [5.74, 6) is -1.36. The zero-order chi connectivity index (χ0) is 9.99. The minimum atomic E-state index is -4.13. The Morgan fingerprint density at radius 2 is 1.83 bits per heavy atom. The third-order valence-electron chi connectivity index (χ3n) is 1.09. The number of hydrogen-bond donors (Lipinski definition) is 0. The third kappa shape index (κ3) is 2.56. The molecule has 0 spiro atoms. The van der Waals surface area contributed by atoms with Crippen molar-refractivity contribution in [3.05, 3.63) is 12.7 Å². The number of alkyl halides is 3. The van der Waals surface area contributed by atoms with Crippen molar-refractivity contribution in [3.63, 3.8) is 0 Å². The van der Waals surface area contributed by atoms with Crippen LogP contribution in [-0.2, 0) is 9.53 Å². The summed E-state index contributed by atoms with van der Waals surface area (Å²) in [7, 11) is 0. The zero-order valence-electron chi connectivity index (χ0n) is 6.73. The van der Waals surface area contributed by atoms with Crippen molar-refractivity contribution in [1.82, 2.24) is 0 Å². The third-order valence-corrected chi connectivity index (χ3v) is 1.09. The first-order valence-electron chi connectivity index (χ1n) is 3.13. The largest absolute Gasteiger partial charge is 0.434 e. The summed E-state index contributed by atoms with van der Waals surface area (Å²) in [6.07, 6.45) is -3.59. The molecule has 0 aromatic heterocycles. The summed E-state index contributed by atoms with van der Waals surface area (Å²) in [4.78, 5) is 10.3. The van der Waals surface area contributed by atoms with E-state index in [1.807, 2.05) is 0 Å². The summed E-state index contributed by atoms with van der Waals surface area (Å²) in [5, 5.41) is 0. The van der Waals surface area contributed by atoms with Crippen LogP contribution in [0.5, 0.6) is 0 Å². The van der Waals surface area contributed by atoms with Gasteiger partial charge in [0, 0.05) is 6.08 Å². The molecule has 5 heteroatoms. The van der Waals surface area contributed by atoms with Gasteiger partial charge in [0.25, 0.3) is 0 Å². The average Bonchev–Trinajstić information content (AvgIpc) is 1.84. The molecule has 0 aromatic carbocycles. The van der Waals surface area contributed by atoms with Crippen LogP contribution in [0.15, 0.2) is 12.7 Å². The molecule has 70 valence electrons. The molecule has 2 nitrogen and oxygen atoms in total. The Kier molecular flexibility index (Phi) is 2.90. The molecule has 0 heterocycles. The van der Waals surface area contributed by atoms with E-state index in [9.17, 15) is 18.0 Å². The Bertz CT molecular complexity index is 193. The second-order valence-electron chi connectivity index (χ2n) is 2.61. The Morgan fingerprint density at radius 1 is 1.42 bits per heavy atom. The number of carbonyl (C=O) groups is 1. The molecular weight excluding hydrogens is 173 g/mol. The normalized spacial score (nSPS) is 12.4. The minimum absolute atomic E-state index is 0.541. The van der Waals surface area contributed by atoms with Crippen LogP contribution in [0.1, 0.15) is 13.8 Å². The molecule has 0 aromatic rings. The Morgan fingerprint density at radius 3 is 2.08 bits per heavy atom. The van der Waals surface area contributed by atoms with E-state index in [-0.39, 0.29) is 0 Å². The molecule has 0 saturated carbocycles. The van der Waals surface area contributed by atoms with Crippen LogP contribution in [0.2, 0.25) is 0 Å². The summed E-state index contributed by atoms with van der Waals surface area (Å²) in [6, 6.07) is 0. The van der Waals surface area contributed by atoms with Gasteiger partial charge < -0.3 is 4.74 Å². The first-order chi connectivity index (χ1) is 5.20. The Hall–Kier alpha value is -1.00. The monoisotopic (exact) mass is 182 g/mol. The van der Waals surface area contributed by atoms with Gasteiger partial charge in [-0.2, -0.15) is 8.78 Å². The van der Waals surface area contributed by atoms with E-state index in [0.29, 0.717) is 19.9 Å². The lowest BCUT2D eigenvalue weighted by Gasteiger charge is -2.24. The molecule has 0 atom stereocenters. The SMILES string of the molecule is C=CC(=O)OC(F)(F)C(C)(C)F. The van der Waals surface area contributed by atoms with Crippen LogP contribution in [0, 0.1) is 0 Å². The Balaban J connectivity index is 4.43. The first-order valence-corrected chi connectivity index (χ1v) is 3.13. The quantitative estimate of drug-likeness (QED) is 0.493. The molecule has 12 heavy (non-hydrogen) atoms. The average molecular weight is 182 g/mol. The van der Waals surface area contributed by atoms with Crippen molar-refractivity contribution in [2.45, 2.75) is 25.6 Å². The van der Waals surface area contributed by atoms with E-state index in [1.54, 1.807) is 0 Å². The number of rotatable bonds is 3. The fourth-order valence-electron chi connectivity index (χ4n) is 0.289. The van der Waals surface area contributed by atoms with Gasteiger partial charge in [-0.3, -0.25) is 0 Å². The van der Waals surface area contributed by atoms with Crippen LogP contribution in [0.4, 0.5) is 13.2 Å². The number of hydrogen-bond acceptors (Lipinski definition) is 2. The molecule has 0 unspecified atom stereocenters. The minimum Gasteiger partial charge on any atom is -0.395 e. The highest BCUT2D eigenvalue weighted by Gasteiger charge is 2.51. The van der Waals surface area contributed by atoms with Crippen molar-refractivity contribution in [3.8, 4) is 0 Å². The molecule has 0 saturated heterocycles. The number of esters is 1. The smallest absolute Gasteiger partial charge is 0.395 e. The first kappa shape index (κ1) is 11.0. The molecule has 0 N–H and O–H groups in total. The summed E-state index contributed by atoms with van der Waals surface area (Å²) < 4.78 is 41.1. The van der Waals surface area contributed by atoms with Crippen LogP contribution >= 0.6 is 0 Å². The van der Waals surface area contributed by atoms with Gasteiger partial charge in [-0.25, -0.2) is 9.18 Å². The highest BCUT2D eigenvalue weighted by Crippen LogP contribution is 2.32. The standard InChI is InChI=1S/C7H9F3O2/c1-4-5(11)12-7(9,10)6(2,3)8/h4H,1H2,2-3H3. The highest BCUT2D eigenvalue weighted by atomic mass is 19.3. The lowest BCUT2D eigenvalue weighted by molar-refractivity contribution is -0.282. The summed E-state index contributed by atoms with van der Waals surface area (Å²) >= 11 is 0. The molecule has 0 aliphatic carbocycles. The van der Waals surface area contributed by atoms with Crippen molar-refractivity contribution < 1.29 is 22.7 Å². The molecule has 0 rings (SSSR count). The second-order valence-corrected chi connectivity index (χ2v) is 2.61. The fourth-order valence-corrected chi connectivity index (χ4v) is 0.289. The molecule has 0 fully saturated rings. The fraction of sp³-hybridized carbons (Fsp3) is 0.571. The van der Waals surface area contributed by atoms with Crippen LogP contribution in [-0.4, -0.2) is 17.7 Å². The van der Waals surface area contributed by atoms with Gasteiger partial charge in [0.1, 0.15) is 0 Å². The van der Waals surface area contributed by atoms with Gasteiger partial charge >= 0.3 is 12.1 Å². The topological polar surface area (TPSA) is 26.3 Å². The molecule has 0 aliphatic heterocycles. The van der Waals surface area contributed by atoms with E-state index >= 15 is 0 Å². The maximum absolute atomic E-state index is 12.6. The number of carbonyl (C=O) groups excluding carboxylic acids is 1. The predicted octanol–water partition coefficient (Wildman–Crippen LogP) is 2.06. The lowest BCUT2D eigenvalue weighted by Crippen LogP contribution is -2.42. The van der Waals surface area contributed by atoms with E-state index in [0.717, 1.165) is 0 Å². The van der Waals surface area contributed by atoms with Gasteiger partial charge in [0.05, 0.1) is 0 Å². The van der Waals surface area contributed by atoms with Crippen LogP contribution in [0.25, 0.3) is 0 Å². The Labute approximate surface area is 68.0 Å². The maximum Gasteiger partial charge on any atom is 0.434 e. The van der Waals surface area contributed by atoms with E-state index in [4.69, 9.17) is 0 Å². The highest BCUT2D eigenvalue weighted by molar-refractivity contribution is 5.81. The van der Waals surface area contributed by atoms with Crippen LogP contribution < -0.4 is 0 Å². The maximum atomic E-state index is 12.6. The molecule has 0 bridgehead atoms. The molecule has 0 amide bonds. The van der Waals surface area contributed by atoms with E-state index in [2.05, 4.69) is 11.3 Å². The van der Waals surface area contributed by atoms with Crippen molar-refractivity contribution in [1.29, 1.82) is 0 Å². The molecule has 0 radical (unpaired) electrons. The van der Waals surface area contributed by atoms with Gasteiger partial charge in [-0.1, -0.05) is 6.58 Å².